The van der Waals surface area contributed by atoms with Crippen molar-refractivity contribution in [3.05, 3.63) is 41.6 Å². The molecule has 0 fully saturated rings. The maximum atomic E-state index is 12.0. The number of carbonyl (C=O) groups excluding carboxylic acids is 1. The number of aromatic nitrogens is 2. The van der Waals surface area contributed by atoms with Gasteiger partial charge >= 0.3 is 0 Å². The summed E-state index contributed by atoms with van der Waals surface area (Å²) in [4.78, 5) is 14.0. The van der Waals surface area contributed by atoms with Crippen molar-refractivity contribution in [1.82, 2.24) is 20.4 Å². The first-order valence-corrected chi connectivity index (χ1v) is 7.68. The Morgan fingerprint density at radius 2 is 2.00 bits per heavy atom. The van der Waals surface area contributed by atoms with E-state index in [0.29, 0.717) is 18.1 Å². The molecular weight excluding hydrogens is 306 g/mol. The number of hydrogen-bond acceptors (Lipinski definition) is 6. The van der Waals surface area contributed by atoms with Crippen LogP contribution in [0.1, 0.15) is 16.1 Å². The van der Waals surface area contributed by atoms with Crippen LogP contribution >= 0.6 is 0 Å². The molecule has 0 aliphatic rings. The van der Waals surface area contributed by atoms with Crippen molar-refractivity contribution in [3.8, 4) is 5.75 Å². The Balaban J connectivity index is 2.02. The predicted molar refractivity (Wildman–Crippen MR) is 93.9 cm³/mol. The molecule has 1 heterocycles. The van der Waals surface area contributed by atoms with E-state index >= 15 is 0 Å². The van der Waals surface area contributed by atoms with E-state index in [1.807, 2.05) is 44.1 Å². The Labute approximate surface area is 142 Å². The van der Waals surface area contributed by atoms with Gasteiger partial charge in [0.2, 0.25) is 0 Å². The number of aryl methyl sites for hydroxylation is 1. The molecule has 0 spiro atoms. The van der Waals surface area contributed by atoms with Gasteiger partial charge in [-0.05, 0) is 50.8 Å². The lowest BCUT2D eigenvalue weighted by Gasteiger charge is -2.12. The summed E-state index contributed by atoms with van der Waals surface area (Å²) in [5.41, 5.74) is 2.19. The summed E-state index contributed by atoms with van der Waals surface area (Å²) >= 11 is 0. The predicted octanol–water partition coefficient (Wildman–Crippen LogP) is 1.83. The average Bonchev–Trinajstić information content (AvgIpc) is 2.55. The number of nitrogens with one attached hydrogen (secondary N) is 2. The molecule has 1 amide bonds. The molecule has 24 heavy (non-hydrogen) atoms. The van der Waals surface area contributed by atoms with Crippen LogP contribution in [0.15, 0.2) is 30.3 Å². The van der Waals surface area contributed by atoms with Gasteiger partial charge in [0.25, 0.3) is 5.91 Å². The molecule has 0 saturated carbocycles. The highest BCUT2D eigenvalue weighted by atomic mass is 16.5. The number of anilines is 2. The van der Waals surface area contributed by atoms with E-state index < -0.39 is 0 Å². The van der Waals surface area contributed by atoms with Crippen molar-refractivity contribution < 1.29 is 9.53 Å². The van der Waals surface area contributed by atoms with E-state index in [4.69, 9.17) is 4.74 Å². The number of nitrogens with zero attached hydrogens (tertiary/aromatic N) is 3. The lowest BCUT2D eigenvalue weighted by molar-refractivity contribution is 0.0945. The molecule has 0 unspecified atom stereocenters. The fourth-order valence-corrected chi connectivity index (χ4v) is 2.06. The molecule has 0 saturated heterocycles. The molecular formula is C17H23N5O2. The maximum Gasteiger partial charge on any atom is 0.271 e. The second kappa shape index (κ2) is 8.26. The SMILES string of the molecule is COc1ccc(C)cc1Nc1ccc(C(=O)NCCN(C)C)nn1. The van der Waals surface area contributed by atoms with Crippen LogP contribution in [0, 0.1) is 6.92 Å². The average molecular weight is 329 g/mol. The number of likely N-dealkylation sites (N-methyl/N-ethyl adjacent to an activating group) is 1. The van der Waals surface area contributed by atoms with E-state index in [0.717, 1.165) is 17.8 Å². The second-order valence-corrected chi connectivity index (χ2v) is 5.69. The summed E-state index contributed by atoms with van der Waals surface area (Å²) in [7, 11) is 5.51. The highest BCUT2D eigenvalue weighted by molar-refractivity contribution is 5.92. The van der Waals surface area contributed by atoms with Crippen LogP contribution in [0.2, 0.25) is 0 Å². The van der Waals surface area contributed by atoms with Crippen molar-refractivity contribution in [2.75, 3.05) is 39.6 Å². The molecule has 0 aliphatic heterocycles. The summed E-state index contributed by atoms with van der Waals surface area (Å²) in [5.74, 6) is 1.03. The number of ether oxygens (including phenoxy) is 1. The van der Waals surface area contributed by atoms with Gasteiger partial charge in [0.05, 0.1) is 12.8 Å². The minimum absolute atomic E-state index is 0.232. The number of amides is 1. The number of benzene rings is 1. The molecule has 1 aromatic carbocycles. The molecule has 2 rings (SSSR count). The van der Waals surface area contributed by atoms with Crippen molar-refractivity contribution >= 4 is 17.4 Å². The van der Waals surface area contributed by atoms with Crippen LogP contribution in [-0.2, 0) is 0 Å². The molecule has 0 radical (unpaired) electrons. The third kappa shape index (κ3) is 4.92. The van der Waals surface area contributed by atoms with Crippen LogP contribution in [0.5, 0.6) is 5.75 Å². The molecule has 1 aromatic heterocycles. The van der Waals surface area contributed by atoms with Gasteiger partial charge in [-0.3, -0.25) is 4.79 Å². The molecule has 7 heteroatoms. The fraction of sp³-hybridized carbons (Fsp3) is 0.353. The first-order valence-electron chi connectivity index (χ1n) is 7.68. The van der Waals surface area contributed by atoms with Gasteiger partial charge in [0, 0.05) is 13.1 Å². The van der Waals surface area contributed by atoms with Gasteiger partial charge in [0.15, 0.2) is 11.5 Å². The number of methoxy groups -OCH3 is 1. The smallest absolute Gasteiger partial charge is 0.271 e. The van der Waals surface area contributed by atoms with Crippen LogP contribution < -0.4 is 15.4 Å². The zero-order valence-electron chi connectivity index (χ0n) is 14.5. The first kappa shape index (κ1) is 17.7. The number of hydrogen-bond donors (Lipinski definition) is 2. The quantitative estimate of drug-likeness (QED) is 0.807. The molecule has 2 aromatic rings. The van der Waals surface area contributed by atoms with E-state index in [9.17, 15) is 4.79 Å². The van der Waals surface area contributed by atoms with Crippen LogP contribution in [0.3, 0.4) is 0 Å². The third-order valence-electron chi connectivity index (χ3n) is 3.36. The zero-order chi connectivity index (χ0) is 17.5. The van der Waals surface area contributed by atoms with E-state index in [-0.39, 0.29) is 11.6 Å². The Kier molecular flexibility index (Phi) is 6.08. The number of carbonyl (C=O) groups is 1. The third-order valence-corrected chi connectivity index (χ3v) is 3.36. The molecule has 7 nitrogen and oxygen atoms in total. The Morgan fingerprint density at radius 3 is 2.62 bits per heavy atom. The van der Waals surface area contributed by atoms with E-state index in [1.165, 1.54) is 0 Å². The van der Waals surface area contributed by atoms with E-state index in [1.54, 1.807) is 19.2 Å². The van der Waals surface area contributed by atoms with Crippen molar-refractivity contribution in [2.24, 2.45) is 0 Å². The van der Waals surface area contributed by atoms with Crippen molar-refractivity contribution in [3.63, 3.8) is 0 Å². The highest BCUT2D eigenvalue weighted by Gasteiger charge is 2.09. The van der Waals surface area contributed by atoms with Gasteiger partial charge in [0.1, 0.15) is 5.75 Å². The summed E-state index contributed by atoms with van der Waals surface area (Å²) in [6.45, 7) is 3.33. The lowest BCUT2D eigenvalue weighted by Crippen LogP contribution is -2.31. The topological polar surface area (TPSA) is 79.4 Å². The summed E-state index contributed by atoms with van der Waals surface area (Å²) < 4.78 is 5.32. The van der Waals surface area contributed by atoms with Gasteiger partial charge in [-0.25, -0.2) is 0 Å². The summed E-state index contributed by atoms with van der Waals surface area (Å²) in [5, 5.41) is 14.0. The maximum absolute atomic E-state index is 12.0. The van der Waals surface area contributed by atoms with Crippen molar-refractivity contribution in [2.45, 2.75) is 6.92 Å². The minimum atomic E-state index is -0.232. The second-order valence-electron chi connectivity index (χ2n) is 5.69. The van der Waals surface area contributed by atoms with Gasteiger partial charge in [-0.1, -0.05) is 6.07 Å². The van der Waals surface area contributed by atoms with Gasteiger partial charge in [-0.15, -0.1) is 10.2 Å². The van der Waals surface area contributed by atoms with Crippen LogP contribution in [-0.4, -0.2) is 55.3 Å². The summed E-state index contributed by atoms with van der Waals surface area (Å²) in [6, 6.07) is 9.18. The van der Waals surface area contributed by atoms with E-state index in [2.05, 4.69) is 20.8 Å². The monoisotopic (exact) mass is 329 g/mol. The Morgan fingerprint density at radius 1 is 1.21 bits per heavy atom. The Hall–Kier alpha value is -2.67. The molecule has 0 atom stereocenters. The summed E-state index contributed by atoms with van der Waals surface area (Å²) in [6.07, 6.45) is 0. The molecule has 0 bridgehead atoms. The first-order chi connectivity index (χ1) is 11.5. The van der Waals surface area contributed by atoms with Gasteiger partial charge in [-0.2, -0.15) is 0 Å². The molecule has 128 valence electrons. The van der Waals surface area contributed by atoms with Crippen molar-refractivity contribution in [1.29, 1.82) is 0 Å². The number of rotatable bonds is 7. The standard InChI is InChI=1S/C17H23N5O2/c1-12-5-7-15(24-4)14(11-12)19-16-8-6-13(20-21-16)17(23)18-9-10-22(2)3/h5-8,11H,9-10H2,1-4H3,(H,18,23)(H,19,21). The minimum Gasteiger partial charge on any atom is -0.495 e. The largest absolute Gasteiger partial charge is 0.495 e. The van der Waals surface area contributed by atoms with Gasteiger partial charge < -0.3 is 20.3 Å². The Bertz CT molecular complexity index is 686. The lowest BCUT2D eigenvalue weighted by atomic mass is 10.2. The zero-order valence-corrected chi connectivity index (χ0v) is 14.5. The van der Waals surface area contributed by atoms with Crippen LogP contribution in [0.4, 0.5) is 11.5 Å². The van der Waals surface area contributed by atoms with Crippen LogP contribution in [0.25, 0.3) is 0 Å². The molecule has 0 aliphatic carbocycles. The molecule has 2 N–H and O–H groups in total. The normalized spacial score (nSPS) is 10.5. The highest BCUT2D eigenvalue weighted by Crippen LogP contribution is 2.27. The fourth-order valence-electron chi connectivity index (χ4n) is 2.06.